The van der Waals surface area contributed by atoms with Crippen molar-refractivity contribution in [2.75, 3.05) is 12.4 Å². The van der Waals surface area contributed by atoms with Gasteiger partial charge in [0.2, 0.25) is 11.7 Å². The van der Waals surface area contributed by atoms with Crippen LogP contribution in [0.1, 0.15) is 11.1 Å². The summed E-state index contributed by atoms with van der Waals surface area (Å²) in [5.41, 5.74) is 2.21. The third kappa shape index (κ3) is 4.00. The summed E-state index contributed by atoms with van der Waals surface area (Å²) >= 11 is 12.1. The van der Waals surface area contributed by atoms with Gasteiger partial charge in [0.15, 0.2) is 0 Å². The van der Waals surface area contributed by atoms with E-state index in [0.717, 1.165) is 16.8 Å². The van der Waals surface area contributed by atoms with E-state index < -0.39 is 5.56 Å². The van der Waals surface area contributed by atoms with E-state index in [1.807, 2.05) is 54.0 Å². The summed E-state index contributed by atoms with van der Waals surface area (Å²) < 4.78 is 6.93. The zero-order valence-electron chi connectivity index (χ0n) is 14.3. The Morgan fingerprint density at radius 2 is 1.88 bits per heavy atom. The van der Waals surface area contributed by atoms with E-state index in [0.29, 0.717) is 22.5 Å². The van der Waals surface area contributed by atoms with E-state index in [9.17, 15) is 4.79 Å². The van der Waals surface area contributed by atoms with Crippen LogP contribution < -0.4 is 15.6 Å². The maximum atomic E-state index is 12.1. The van der Waals surface area contributed by atoms with Crippen LogP contribution >= 0.6 is 23.2 Å². The van der Waals surface area contributed by atoms with Gasteiger partial charge in [0, 0.05) is 15.7 Å². The summed E-state index contributed by atoms with van der Waals surface area (Å²) in [5, 5.41) is 4.49. The Balaban J connectivity index is 2.02. The minimum atomic E-state index is -0.443. The van der Waals surface area contributed by atoms with Gasteiger partial charge < -0.3 is 14.6 Å². The van der Waals surface area contributed by atoms with Crippen LogP contribution in [0.4, 0.5) is 11.6 Å². The number of halogens is 2. The Kier molecular flexibility index (Phi) is 5.49. The predicted molar refractivity (Wildman–Crippen MR) is 105 cm³/mol. The second-order valence-corrected chi connectivity index (χ2v) is 6.57. The lowest BCUT2D eigenvalue weighted by Gasteiger charge is -2.16. The van der Waals surface area contributed by atoms with Gasteiger partial charge in [-0.3, -0.25) is 4.79 Å². The molecule has 0 spiro atoms. The van der Waals surface area contributed by atoms with Gasteiger partial charge in [0.25, 0.3) is 0 Å². The minimum absolute atomic E-state index is 0.173. The molecule has 26 heavy (non-hydrogen) atoms. The molecule has 0 fully saturated rings. The Labute approximate surface area is 161 Å². The molecule has 0 aliphatic rings. The third-order valence-electron chi connectivity index (χ3n) is 3.96. The van der Waals surface area contributed by atoms with E-state index >= 15 is 0 Å². The molecule has 0 aliphatic carbocycles. The van der Waals surface area contributed by atoms with Gasteiger partial charge in [0.1, 0.15) is 0 Å². The van der Waals surface area contributed by atoms with E-state index in [1.165, 1.54) is 7.11 Å². The number of anilines is 2. The van der Waals surface area contributed by atoms with Gasteiger partial charge in [0.05, 0.1) is 19.9 Å². The molecule has 0 atom stereocenters. The van der Waals surface area contributed by atoms with Crippen molar-refractivity contribution >= 4 is 34.8 Å². The number of ether oxygens (including phenoxy) is 1. The number of hydrogen-bond acceptors (Lipinski definition) is 4. The molecule has 3 aromatic rings. The molecule has 0 amide bonds. The maximum absolute atomic E-state index is 12.1. The molecule has 134 valence electrons. The van der Waals surface area contributed by atoms with Crippen molar-refractivity contribution < 1.29 is 4.74 Å². The van der Waals surface area contributed by atoms with Gasteiger partial charge in [-0.15, -0.1) is 0 Å². The number of nitrogens with zero attached hydrogens (tertiary/aromatic N) is 2. The lowest BCUT2D eigenvalue weighted by molar-refractivity contribution is 0.402. The Hall–Kier alpha value is -2.50. The monoisotopic (exact) mass is 389 g/mol. The van der Waals surface area contributed by atoms with Crippen molar-refractivity contribution in [3.05, 3.63) is 80.2 Å². The molecule has 1 heterocycles. The first-order valence-corrected chi connectivity index (χ1v) is 8.65. The highest BCUT2D eigenvalue weighted by Crippen LogP contribution is 2.26. The number of methoxy groups -OCH3 is 1. The van der Waals surface area contributed by atoms with Crippen molar-refractivity contribution in [2.24, 2.45) is 0 Å². The van der Waals surface area contributed by atoms with Gasteiger partial charge in [-0.2, -0.15) is 4.98 Å². The average molecular weight is 390 g/mol. The van der Waals surface area contributed by atoms with Crippen molar-refractivity contribution in [3.8, 4) is 5.75 Å². The molecule has 3 rings (SSSR count). The lowest BCUT2D eigenvalue weighted by atomic mass is 10.2. The molecular formula is C19H17Cl2N3O2. The molecule has 2 aromatic carbocycles. The van der Waals surface area contributed by atoms with E-state index in [-0.39, 0.29) is 5.75 Å². The Morgan fingerprint density at radius 1 is 1.15 bits per heavy atom. The molecule has 0 saturated carbocycles. The quantitative estimate of drug-likeness (QED) is 0.689. The number of nitrogens with one attached hydrogen (secondary N) is 1. The molecule has 5 nitrogen and oxygen atoms in total. The van der Waals surface area contributed by atoms with Crippen molar-refractivity contribution in [3.63, 3.8) is 0 Å². The Morgan fingerprint density at radius 3 is 2.58 bits per heavy atom. The number of hydrogen-bond donors (Lipinski definition) is 1. The SMILES string of the molecule is COc1cn(Cc2ccc(Cl)cc2)c(Nc2cccc(Cl)c2C)nc1=O. The normalized spacial score (nSPS) is 10.6. The largest absolute Gasteiger partial charge is 0.490 e. The van der Waals surface area contributed by atoms with Crippen molar-refractivity contribution in [2.45, 2.75) is 13.5 Å². The summed E-state index contributed by atoms with van der Waals surface area (Å²) in [5.74, 6) is 0.573. The predicted octanol–water partition coefficient (Wildman–Crippen LogP) is 4.66. The first kappa shape index (κ1) is 18.3. The highest BCUT2D eigenvalue weighted by Gasteiger charge is 2.11. The highest BCUT2D eigenvalue weighted by atomic mass is 35.5. The second kappa shape index (κ2) is 7.81. The number of benzene rings is 2. The molecule has 7 heteroatoms. The minimum Gasteiger partial charge on any atom is -0.490 e. The van der Waals surface area contributed by atoms with Crippen LogP contribution in [0.2, 0.25) is 10.0 Å². The van der Waals surface area contributed by atoms with Gasteiger partial charge in [-0.1, -0.05) is 41.4 Å². The fourth-order valence-electron chi connectivity index (χ4n) is 2.48. The van der Waals surface area contributed by atoms with E-state index in [4.69, 9.17) is 27.9 Å². The zero-order valence-corrected chi connectivity index (χ0v) is 15.8. The average Bonchev–Trinajstić information content (AvgIpc) is 2.63. The van der Waals surface area contributed by atoms with Crippen molar-refractivity contribution in [1.29, 1.82) is 0 Å². The first-order valence-electron chi connectivity index (χ1n) is 7.90. The van der Waals surface area contributed by atoms with Crippen molar-refractivity contribution in [1.82, 2.24) is 9.55 Å². The summed E-state index contributed by atoms with van der Waals surface area (Å²) in [6.45, 7) is 2.39. The van der Waals surface area contributed by atoms with Gasteiger partial charge >= 0.3 is 5.56 Å². The van der Waals surface area contributed by atoms with Crippen LogP contribution in [-0.4, -0.2) is 16.7 Å². The second-order valence-electron chi connectivity index (χ2n) is 5.73. The van der Waals surface area contributed by atoms with Crippen LogP contribution in [0.25, 0.3) is 0 Å². The Bertz CT molecular complexity index is 985. The molecule has 0 bridgehead atoms. The molecule has 0 saturated heterocycles. The highest BCUT2D eigenvalue weighted by molar-refractivity contribution is 6.31. The smallest absolute Gasteiger partial charge is 0.316 e. The molecule has 0 aliphatic heterocycles. The van der Waals surface area contributed by atoms with Gasteiger partial charge in [-0.05, 0) is 42.3 Å². The lowest BCUT2D eigenvalue weighted by Crippen LogP contribution is -2.19. The number of aromatic nitrogens is 2. The van der Waals surface area contributed by atoms with E-state index in [2.05, 4.69) is 10.3 Å². The zero-order chi connectivity index (χ0) is 18.7. The van der Waals surface area contributed by atoms with Crippen LogP contribution in [0.5, 0.6) is 5.75 Å². The molecule has 0 unspecified atom stereocenters. The van der Waals surface area contributed by atoms with Crippen LogP contribution in [0, 0.1) is 6.92 Å². The fraction of sp³-hybridized carbons (Fsp3) is 0.158. The number of rotatable bonds is 5. The molecular weight excluding hydrogens is 373 g/mol. The summed E-state index contributed by atoms with van der Waals surface area (Å²) in [7, 11) is 1.44. The van der Waals surface area contributed by atoms with E-state index in [1.54, 1.807) is 6.20 Å². The molecule has 1 aromatic heterocycles. The fourth-order valence-corrected chi connectivity index (χ4v) is 2.78. The van der Waals surface area contributed by atoms with Crippen LogP contribution in [0.3, 0.4) is 0 Å². The third-order valence-corrected chi connectivity index (χ3v) is 4.63. The molecule has 0 radical (unpaired) electrons. The summed E-state index contributed by atoms with van der Waals surface area (Å²) in [6, 6.07) is 13.0. The topological polar surface area (TPSA) is 56.1 Å². The summed E-state index contributed by atoms with van der Waals surface area (Å²) in [4.78, 5) is 16.3. The van der Waals surface area contributed by atoms with Crippen LogP contribution in [0.15, 0.2) is 53.5 Å². The summed E-state index contributed by atoms with van der Waals surface area (Å²) in [6.07, 6.45) is 1.63. The first-order chi connectivity index (χ1) is 12.5. The standard InChI is InChI=1S/C19H17Cl2N3O2/c1-12-15(21)4-3-5-16(12)22-19-23-18(25)17(26-2)11-24(19)10-13-6-8-14(20)9-7-13/h3-9,11H,10H2,1-2H3,(H,22,23,25). The molecule has 1 N–H and O–H groups in total. The maximum Gasteiger partial charge on any atom is 0.316 e. The van der Waals surface area contributed by atoms with Gasteiger partial charge in [-0.25, -0.2) is 0 Å². The van der Waals surface area contributed by atoms with Crippen LogP contribution in [-0.2, 0) is 6.54 Å².